The number of nitrogens with two attached hydrogens (primary N) is 1. The summed E-state index contributed by atoms with van der Waals surface area (Å²) in [6, 6.07) is 8.43. The summed E-state index contributed by atoms with van der Waals surface area (Å²) in [4.78, 5) is 0. The molecule has 0 saturated heterocycles. The van der Waals surface area contributed by atoms with E-state index in [1.807, 2.05) is 0 Å². The van der Waals surface area contributed by atoms with Crippen LogP contribution >= 0.6 is 27.5 Å². The number of nitrogens with one attached hydrogen (secondary N) is 1. The lowest BCUT2D eigenvalue weighted by Gasteiger charge is -2.18. The van der Waals surface area contributed by atoms with E-state index in [4.69, 9.17) is 17.4 Å². The highest BCUT2D eigenvalue weighted by Gasteiger charge is 2.16. The number of halogens is 4. The lowest BCUT2D eigenvalue weighted by atomic mass is 9.99. The molecule has 0 bridgehead atoms. The topological polar surface area (TPSA) is 38.0 Å². The molecule has 0 heterocycles. The van der Waals surface area contributed by atoms with Crippen molar-refractivity contribution in [3.8, 4) is 0 Å². The van der Waals surface area contributed by atoms with Gasteiger partial charge in [-0.05, 0) is 41.8 Å². The maximum Gasteiger partial charge on any atom is 0.127 e. The molecule has 0 aliphatic carbocycles. The normalized spacial score (nSPS) is 12.4. The van der Waals surface area contributed by atoms with Crippen molar-refractivity contribution in [3.05, 3.63) is 68.7 Å². The zero-order chi connectivity index (χ0) is 14.7. The molecule has 1 atom stereocenters. The van der Waals surface area contributed by atoms with Crippen LogP contribution in [-0.2, 0) is 6.42 Å². The third-order valence-corrected chi connectivity index (χ3v) is 3.90. The second-order valence-corrected chi connectivity index (χ2v) is 5.62. The molecule has 2 aromatic rings. The first kappa shape index (κ1) is 15.4. The van der Waals surface area contributed by atoms with E-state index < -0.39 is 5.82 Å². The number of benzene rings is 2. The highest BCUT2D eigenvalue weighted by Crippen LogP contribution is 2.27. The van der Waals surface area contributed by atoms with Gasteiger partial charge in [0.05, 0.1) is 6.04 Å². The first-order valence-corrected chi connectivity index (χ1v) is 7.03. The van der Waals surface area contributed by atoms with E-state index in [9.17, 15) is 8.78 Å². The van der Waals surface area contributed by atoms with Gasteiger partial charge in [0.1, 0.15) is 11.6 Å². The minimum Gasteiger partial charge on any atom is -0.271 e. The highest BCUT2D eigenvalue weighted by molar-refractivity contribution is 9.10. The van der Waals surface area contributed by atoms with Gasteiger partial charge in [0.2, 0.25) is 0 Å². The Labute approximate surface area is 129 Å². The Bertz CT molecular complexity index is 622. The van der Waals surface area contributed by atoms with Crippen molar-refractivity contribution in [1.29, 1.82) is 0 Å². The van der Waals surface area contributed by atoms with E-state index in [1.165, 1.54) is 18.2 Å². The minimum absolute atomic E-state index is 0.323. The van der Waals surface area contributed by atoms with E-state index in [1.54, 1.807) is 18.2 Å². The molecule has 0 aliphatic heterocycles. The molecule has 106 valence electrons. The van der Waals surface area contributed by atoms with Crippen molar-refractivity contribution >= 4 is 27.5 Å². The fraction of sp³-hybridized carbons (Fsp3) is 0.143. The van der Waals surface area contributed by atoms with Crippen LogP contribution in [0.25, 0.3) is 0 Å². The molecule has 3 N–H and O–H groups in total. The number of hydrogen-bond donors (Lipinski definition) is 2. The van der Waals surface area contributed by atoms with Crippen LogP contribution in [0.4, 0.5) is 8.78 Å². The van der Waals surface area contributed by atoms with Gasteiger partial charge < -0.3 is 0 Å². The van der Waals surface area contributed by atoms with Crippen LogP contribution in [0.2, 0.25) is 5.02 Å². The van der Waals surface area contributed by atoms with Gasteiger partial charge in [0.15, 0.2) is 0 Å². The smallest absolute Gasteiger partial charge is 0.127 e. The third-order valence-electron chi connectivity index (χ3n) is 2.98. The molecule has 0 fully saturated rings. The molecule has 0 spiro atoms. The van der Waals surface area contributed by atoms with Gasteiger partial charge in [-0.3, -0.25) is 11.3 Å². The Morgan fingerprint density at radius 2 is 1.95 bits per heavy atom. The zero-order valence-corrected chi connectivity index (χ0v) is 12.7. The molecule has 20 heavy (non-hydrogen) atoms. The van der Waals surface area contributed by atoms with Crippen LogP contribution in [0, 0.1) is 11.6 Å². The summed E-state index contributed by atoms with van der Waals surface area (Å²) in [5, 5.41) is 0.339. The maximum atomic E-state index is 13.8. The third kappa shape index (κ3) is 3.55. The van der Waals surface area contributed by atoms with Gasteiger partial charge in [-0.25, -0.2) is 8.78 Å². The van der Waals surface area contributed by atoms with Gasteiger partial charge in [-0.2, -0.15) is 0 Å². The lowest BCUT2D eigenvalue weighted by Crippen LogP contribution is -2.30. The molecule has 2 rings (SSSR count). The number of rotatable bonds is 4. The fourth-order valence-corrected chi connectivity index (χ4v) is 2.74. The number of hydrogen-bond acceptors (Lipinski definition) is 2. The summed E-state index contributed by atoms with van der Waals surface area (Å²) in [6.07, 6.45) is 0.323. The molecule has 2 nitrogen and oxygen atoms in total. The van der Waals surface area contributed by atoms with Crippen LogP contribution in [0.15, 0.2) is 40.9 Å². The van der Waals surface area contributed by atoms with Crippen LogP contribution in [0.5, 0.6) is 0 Å². The first-order chi connectivity index (χ1) is 9.51. The Morgan fingerprint density at radius 1 is 1.20 bits per heavy atom. The zero-order valence-electron chi connectivity index (χ0n) is 10.3. The van der Waals surface area contributed by atoms with Crippen molar-refractivity contribution in [2.75, 3.05) is 0 Å². The van der Waals surface area contributed by atoms with Crippen LogP contribution in [0.1, 0.15) is 17.2 Å². The van der Waals surface area contributed by atoms with E-state index >= 15 is 0 Å². The van der Waals surface area contributed by atoms with E-state index in [0.717, 1.165) is 5.56 Å². The largest absolute Gasteiger partial charge is 0.271 e. The molecular formula is C14H12BrClF2N2. The summed E-state index contributed by atoms with van der Waals surface area (Å²) in [6.45, 7) is 0. The first-order valence-electron chi connectivity index (χ1n) is 5.86. The van der Waals surface area contributed by atoms with Crippen molar-refractivity contribution in [2.24, 2.45) is 5.84 Å². The van der Waals surface area contributed by atoms with E-state index in [-0.39, 0.29) is 11.9 Å². The SMILES string of the molecule is NNC(Cc1ccc(Cl)cc1F)c1ccc(F)cc1Br. The van der Waals surface area contributed by atoms with Crippen molar-refractivity contribution in [1.82, 2.24) is 5.43 Å². The van der Waals surface area contributed by atoms with Crippen LogP contribution in [-0.4, -0.2) is 0 Å². The fourth-order valence-electron chi connectivity index (χ4n) is 1.95. The summed E-state index contributed by atoms with van der Waals surface area (Å²) in [7, 11) is 0. The molecule has 0 aromatic heterocycles. The predicted molar refractivity (Wildman–Crippen MR) is 79.3 cm³/mol. The quantitative estimate of drug-likeness (QED) is 0.635. The Hall–Kier alpha value is -1.01. The second-order valence-electron chi connectivity index (χ2n) is 4.32. The Kier molecular flexibility index (Phi) is 5.10. The molecule has 1 unspecified atom stereocenters. The molecule has 0 saturated carbocycles. The maximum absolute atomic E-state index is 13.8. The summed E-state index contributed by atoms with van der Waals surface area (Å²) < 4.78 is 27.5. The predicted octanol–water partition coefficient (Wildman–Crippen LogP) is 4.13. The van der Waals surface area contributed by atoms with Gasteiger partial charge in [-0.15, -0.1) is 0 Å². The monoisotopic (exact) mass is 360 g/mol. The highest BCUT2D eigenvalue weighted by atomic mass is 79.9. The molecular weight excluding hydrogens is 350 g/mol. The number of hydrazine groups is 1. The summed E-state index contributed by atoms with van der Waals surface area (Å²) in [5.74, 6) is 4.78. The summed E-state index contributed by atoms with van der Waals surface area (Å²) >= 11 is 9.00. The average molecular weight is 362 g/mol. The van der Waals surface area contributed by atoms with Crippen LogP contribution < -0.4 is 11.3 Å². The van der Waals surface area contributed by atoms with Gasteiger partial charge in [-0.1, -0.05) is 39.7 Å². The van der Waals surface area contributed by atoms with Gasteiger partial charge in [0.25, 0.3) is 0 Å². The molecule has 0 radical (unpaired) electrons. The van der Waals surface area contributed by atoms with Gasteiger partial charge in [0, 0.05) is 9.50 Å². The summed E-state index contributed by atoms with van der Waals surface area (Å²) in [5.41, 5.74) is 3.85. The second kappa shape index (κ2) is 6.63. The van der Waals surface area contributed by atoms with E-state index in [0.29, 0.717) is 21.5 Å². The Morgan fingerprint density at radius 3 is 2.55 bits per heavy atom. The van der Waals surface area contributed by atoms with Crippen LogP contribution in [0.3, 0.4) is 0 Å². The molecule has 0 aliphatic rings. The van der Waals surface area contributed by atoms with Crippen molar-refractivity contribution in [2.45, 2.75) is 12.5 Å². The molecule has 2 aromatic carbocycles. The van der Waals surface area contributed by atoms with Gasteiger partial charge >= 0.3 is 0 Å². The Balaban J connectivity index is 2.28. The van der Waals surface area contributed by atoms with Crippen molar-refractivity contribution in [3.63, 3.8) is 0 Å². The van der Waals surface area contributed by atoms with Crippen molar-refractivity contribution < 1.29 is 8.78 Å². The minimum atomic E-state index is -0.393. The average Bonchev–Trinajstić information content (AvgIpc) is 2.39. The lowest BCUT2D eigenvalue weighted by molar-refractivity contribution is 0.526. The standard InChI is InChI=1S/C14H12BrClF2N2/c15-12-7-10(17)3-4-11(12)14(20-19)5-8-1-2-9(16)6-13(8)18/h1-4,6-7,14,20H,5,19H2. The molecule has 6 heteroatoms. The molecule has 0 amide bonds. The van der Waals surface area contributed by atoms with E-state index in [2.05, 4.69) is 21.4 Å².